The lowest BCUT2D eigenvalue weighted by molar-refractivity contribution is 0.935. The first-order chi connectivity index (χ1) is 9.01. The van der Waals surface area contributed by atoms with Crippen molar-refractivity contribution in [2.45, 2.75) is 37.6 Å². The molecular formula is C14H18N4S. The number of benzene rings is 1. The van der Waals surface area contributed by atoms with E-state index in [0.717, 1.165) is 10.6 Å². The molecule has 2 rings (SSSR count). The minimum absolute atomic E-state index is 0.681. The van der Waals surface area contributed by atoms with Gasteiger partial charge < -0.3 is 5.43 Å². The van der Waals surface area contributed by atoms with Crippen LogP contribution in [0, 0.1) is 27.7 Å². The summed E-state index contributed by atoms with van der Waals surface area (Å²) in [5, 5.41) is 0.939. The van der Waals surface area contributed by atoms with Crippen molar-refractivity contribution in [3.05, 3.63) is 40.7 Å². The van der Waals surface area contributed by atoms with E-state index in [1.54, 1.807) is 11.8 Å². The fraction of sp³-hybridized carbons (Fsp3) is 0.286. The van der Waals surface area contributed by atoms with Gasteiger partial charge >= 0.3 is 0 Å². The van der Waals surface area contributed by atoms with Gasteiger partial charge in [-0.05, 0) is 44.9 Å². The lowest BCUT2D eigenvalue weighted by atomic mass is 10.2. The van der Waals surface area contributed by atoms with E-state index in [2.05, 4.69) is 47.4 Å². The minimum atomic E-state index is 0.681. The summed E-state index contributed by atoms with van der Waals surface area (Å²) in [5.41, 5.74) is 6.08. The Bertz CT molecular complexity index is 611. The number of nitrogens with zero attached hydrogens (tertiary/aromatic N) is 2. The van der Waals surface area contributed by atoms with Crippen LogP contribution >= 0.6 is 11.8 Å². The van der Waals surface area contributed by atoms with Crippen molar-refractivity contribution >= 4 is 17.6 Å². The molecule has 0 unspecified atom stereocenters. The first-order valence-corrected chi connectivity index (χ1v) is 6.90. The predicted octanol–water partition coefficient (Wildman–Crippen LogP) is 3.15. The van der Waals surface area contributed by atoms with Crippen LogP contribution in [0.2, 0.25) is 0 Å². The van der Waals surface area contributed by atoms with E-state index in [1.807, 2.05) is 13.8 Å². The highest BCUT2D eigenvalue weighted by Gasteiger charge is 2.11. The molecule has 0 saturated carbocycles. The summed E-state index contributed by atoms with van der Waals surface area (Å²) in [6, 6.07) is 6.42. The Morgan fingerprint density at radius 1 is 1.11 bits per heavy atom. The molecule has 5 heteroatoms. The average Bonchev–Trinajstić information content (AvgIpc) is 2.37. The molecule has 19 heavy (non-hydrogen) atoms. The van der Waals surface area contributed by atoms with Crippen LogP contribution in [0.3, 0.4) is 0 Å². The van der Waals surface area contributed by atoms with E-state index in [4.69, 9.17) is 5.84 Å². The molecule has 1 aromatic carbocycles. The molecule has 0 aliphatic heterocycles. The highest BCUT2D eigenvalue weighted by Crippen LogP contribution is 2.33. The van der Waals surface area contributed by atoms with Crippen LogP contribution in [0.5, 0.6) is 0 Å². The molecule has 0 spiro atoms. The molecule has 4 nitrogen and oxygen atoms in total. The zero-order valence-corrected chi connectivity index (χ0v) is 12.4. The summed E-state index contributed by atoms with van der Waals surface area (Å²) in [5.74, 6) is 6.88. The van der Waals surface area contributed by atoms with Crippen LogP contribution in [0.25, 0.3) is 0 Å². The Kier molecular flexibility index (Phi) is 4.07. The Balaban J connectivity index is 2.43. The smallest absolute Gasteiger partial charge is 0.147 e. The van der Waals surface area contributed by atoms with Crippen molar-refractivity contribution in [2.24, 2.45) is 5.84 Å². The zero-order chi connectivity index (χ0) is 14.0. The summed E-state index contributed by atoms with van der Waals surface area (Å²) < 4.78 is 0. The number of rotatable bonds is 3. The second-order valence-electron chi connectivity index (χ2n) is 4.56. The molecule has 3 N–H and O–H groups in total. The molecule has 1 aromatic heterocycles. The van der Waals surface area contributed by atoms with Crippen molar-refractivity contribution in [2.75, 3.05) is 5.43 Å². The number of hydrogen-bond acceptors (Lipinski definition) is 5. The van der Waals surface area contributed by atoms with Gasteiger partial charge in [0.25, 0.3) is 0 Å². The normalized spacial score (nSPS) is 10.6. The third kappa shape index (κ3) is 3.05. The quantitative estimate of drug-likeness (QED) is 0.511. The standard InChI is InChI=1S/C14H18N4S/c1-8-5-6-9(2)12(7-8)19-14-10(3)13(18-15)16-11(4)17-14/h5-7H,15H2,1-4H3,(H,16,17,18). The summed E-state index contributed by atoms with van der Waals surface area (Å²) in [6.07, 6.45) is 0. The van der Waals surface area contributed by atoms with Gasteiger partial charge in [0, 0.05) is 10.5 Å². The number of aromatic nitrogens is 2. The zero-order valence-electron chi connectivity index (χ0n) is 11.6. The third-order valence-electron chi connectivity index (χ3n) is 2.90. The van der Waals surface area contributed by atoms with Crippen molar-refractivity contribution in [1.29, 1.82) is 0 Å². The second-order valence-corrected chi connectivity index (χ2v) is 5.60. The van der Waals surface area contributed by atoms with Crippen LogP contribution < -0.4 is 11.3 Å². The average molecular weight is 274 g/mol. The maximum atomic E-state index is 5.49. The van der Waals surface area contributed by atoms with Gasteiger partial charge in [-0.15, -0.1) is 0 Å². The number of hydrazine groups is 1. The minimum Gasteiger partial charge on any atom is -0.308 e. The number of nitrogens with two attached hydrogens (primary N) is 1. The first-order valence-electron chi connectivity index (χ1n) is 6.08. The molecular weight excluding hydrogens is 256 g/mol. The molecule has 1 heterocycles. The van der Waals surface area contributed by atoms with Gasteiger partial charge in [-0.1, -0.05) is 23.9 Å². The van der Waals surface area contributed by atoms with Gasteiger partial charge in [0.15, 0.2) is 0 Å². The van der Waals surface area contributed by atoms with Crippen LogP contribution in [0.4, 0.5) is 5.82 Å². The van der Waals surface area contributed by atoms with Gasteiger partial charge in [0.1, 0.15) is 16.7 Å². The lowest BCUT2D eigenvalue weighted by Gasteiger charge is -2.11. The van der Waals surface area contributed by atoms with E-state index in [9.17, 15) is 0 Å². The number of nitrogen functional groups attached to an aromatic ring is 1. The van der Waals surface area contributed by atoms with Gasteiger partial charge in [0.05, 0.1) is 0 Å². The fourth-order valence-electron chi connectivity index (χ4n) is 1.76. The number of anilines is 1. The number of aryl methyl sites for hydroxylation is 3. The number of hydrogen-bond donors (Lipinski definition) is 2. The molecule has 0 atom stereocenters. The summed E-state index contributed by atoms with van der Waals surface area (Å²) in [6.45, 7) is 8.04. The van der Waals surface area contributed by atoms with Gasteiger partial charge in [-0.25, -0.2) is 15.8 Å². The van der Waals surface area contributed by atoms with E-state index in [1.165, 1.54) is 16.0 Å². The molecule has 0 bridgehead atoms. The van der Waals surface area contributed by atoms with Crippen LogP contribution in [-0.2, 0) is 0 Å². The lowest BCUT2D eigenvalue weighted by Crippen LogP contribution is -2.12. The largest absolute Gasteiger partial charge is 0.308 e. The summed E-state index contributed by atoms with van der Waals surface area (Å²) in [4.78, 5) is 9.99. The van der Waals surface area contributed by atoms with Gasteiger partial charge in [0.2, 0.25) is 0 Å². The second kappa shape index (κ2) is 5.59. The van der Waals surface area contributed by atoms with E-state index < -0.39 is 0 Å². The van der Waals surface area contributed by atoms with Crippen molar-refractivity contribution in [3.63, 3.8) is 0 Å². The molecule has 0 radical (unpaired) electrons. The molecule has 0 fully saturated rings. The summed E-state index contributed by atoms with van der Waals surface area (Å²) >= 11 is 1.65. The molecule has 0 aliphatic rings. The Morgan fingerprint density at radius 3 is 2.53 bits per heavy atom. The van der Waals surface area contributed by atoms with Crippen molar-refractivity contribution in [3.8, 4) is 0 Å². The monoisotopic (exact) mass is 274 g/mol. The maximum Gasteiger partial charge on any atom is 0.147 e. The van der Waals surface area contributed by atoms with Crippen LogP contribution in [0.15, 0.2) is 28.1 Å². The Labute approximate surface area is 117 Å². The van der Waals surface area contributed by atoms with Gasteiger partial charge in [-0.2, -0.15) is 0 Å². The fourth-order valence-corrected chi connectivity index (χ4v) is 2.87. The topological polar surface area (TPSA) is 63.8 Å². The number of nitrogens with one attached hydrogen (secondary N) is 1. The summed E-state index contributed by atoms with van der Waals surface area (Å²) in [7, 11) is 0. The van der Waals surface area contributed by atoms with Crippen molar-refractivity contribution in [1.82, 2.24) is 9.97 Å². The Hall–Kier alpha value is -1.59. The Morgan fingerprint density at radius 2 is 1.84 bits per heavy atom. The van der Waals surface area contributed by atoms with Gasteiger partial charge in [-0.3, -0.25) is 0 Å². The van der Waals surface area contributed by atoms with E-state index in [-0.39, 0.29) is 0 Å². The third-order valence-corrected chi connectivity index (χ3v) is 4.15. The predicted molar refractivity (Wildman–Crippen MR) is 79.4 cm³/mol. The van der Waals surface area contributed by atoms with Crippen LogP contribution in [-0.4, -0.2) is 9.97 Å². The van der Waals surface area contributed by atoms with E-state index >= 15 is 0 Å². The maximum absolute atomic E-state index is 5.49. The molecule has 2 aromatic rings. The first kappa shape index (κ1) is 13.8. The SMILES string of the molecule is Cc1ccc(C)c(Sc2nc(C)nc(NN)c2C)c1. The van der Waals surface area contributed by atoms with Crippen molar-refractivity contribution < 1.29 is 0 Å². The van der Waals surface area contributed by atoms with E-state index in [0.29, 0.717) is 11.6 Å². The molecule has 0 aliphatic carbocycles. The molecule has 0 saturated heterocycles. The highest BCUT2D eigenvalue weighted by atomic mass is 32.2. The highest BCUT2D eigenvalue weighted by molar-refractivity contribution is 7.99. The van der Waals surface area contributed by atoms with Crippen LogP contribution in [0.1, 0.15) is 22.5 Å². The molecule has 0 amide bonds. The molecule has 100 valence electrons.